The van der Waals surface area contributed by atoms with Crippen molar-refractivity contribution < 1.29 is 14.3 Å². The number of carbonyl (C=O) groups is 2. The molecule has 0 spiro atoms. The Bertz CT molecular complexity index is 713. The number of hydrogen-bond acceptors (Lipinski definition) is 5. The van der Waals surface area contributed by atoms with E-state index >= 15 is 0 Å². The van der Waals surface area contributed by atoms with Gasteiger partial charge in [-0.05, 0) is 62.7 Å². The first-order chi connectivity index (χ1) is 14.1. The molecule has 0 radical (unpaired) electrons. The summed E-state index contributed by atoms with van der Waals surface area (Å²) >= 11 is 0. The second kappa shape index (κ2) is 9.11. The van der Waals surface area contributed by atoms with Gasteiger partial charge >= 0.3 is 12.1 Å². The lowest BCUT2D eigenvalue weighted by molar-refractivity contribution is 0.0492. The molecule has 8 heteroatoms. The molecule has 0 aliphatic carbocycles. The Morgan fingerprint density at radius 2 is 1.76 bits per heavy atom. The summed E-state index contributed by atoms with van der Waals surface area (Å²) in [5, 5.41) is 12.5. The molecule has 1 atom stereocenters. The molecule has 3 heterocycles. The van der Waals surface area contributed by atoms with E-state index in [-0.39, 0.29) is 24.1 Å². The number of benzene rings is 1. The number of nitrogens with zero attached hydrogens (tertiary/aromatic N) is 1. The molecule has 29 heavy (non-hydrogen) atoms. The molecule has 4 amide bonds. The number of piperidine rings is 1. The fourth-order valence-electron chi connectivity index (χ4n) is 4.46. The molecule has 1 aromatic carbocycles. The third-order valence-electron chi connectivity index (χ3n) is 6.17. The fraction of sp³-hybridized carbons (Fsp3) is 0.619. The Morgan fingerprint density at radius 1 is 1.07 bits per heavy atom. The third kappa shape index (κ3) is 4.71. The molecular formula is C21H31N5O3. The van der Waals surface area contributed by atoms with E-state index in [1.165, 1.54) is 10.5 Å². The van der Waals surface area contributed by atoms with Gasteiger partial charge in [0.25, 0.3) is 0 Å². The molecular weight excluding hydrogens is 370 g/mol. The van der Waals surface area contributed by atoms with Crippen molar-refractivity contribution in [1.29, 1.82) is 0 Å². The summed E-state index contributed by atoms with van der Waals surface area (Å²) in [5.41, 5.74) is 2.51. The van der Waals surface area contributed by atoms with Gasteiger partial charge in [0, 0.05) is 25.3 Å². The number of imide groups is 1. The molecule has 3 saturated heterocycles. The van der Waals surface area contributed by atoms with Gasteiger partial charge in [-0.1, -0.05) is 24.3 Å². The van der Waals surface area contributed by atoms with Crippen LogP contribution in [-0.4, -0.2) is 55.6 Å². The highest BCUT2D eigenvalue weighted by Crippen LogP contribution is 2.27. The second-order valence-corrected chi connectivity index (χ2v) is 8.13. The molecule has 8 nitrogen and oxygen atoms in total. The molecule has 0 aromatic heterocycles. The highest BCUT2D eigenvalue weighted by molar-refractivity contribution is 5.96. The lowest BCUT2D eigenvalue weighted by atomic mass is 9.88. The van der Waals surface area contributed by atoms with E-state index in [1.54, 1.807) is 0 Å². The molecule has 1 aromatic rings. The largest absolute Gasteiger partial charge is 0.381 e. The molecule has 0 bridgehead atoms. The summed E-state index contributed by atoms with van der Waals surface area (Å²) in [6.07, 6.45) is 3.07. The summed E-state index contributed by atoms with van der Waals surface area (Å²) in [7, 11) is 0. The Labute approximate surface area is 171 Å². The van der Waals surface area contributed by atoms with Crippen molar-refractivity contribution in [2.24, 2.45) is 0 Å². The Morgan fingerprint density at radius 3 is 2.45 bits per heavy atom. The van der Waals surface area contributed by atoms with E-state index in [9.17, 15) is 9.59 Å². The lowest BCUT2D eigenvalue weighted by Crippen LogP contribution is -2.70. The number of nitrogens with one attached hydrogen (secondary N) is 4. The molecule has 3 fully saturated rings. The van der Waals surface area contributed by atoms with Crippen LogP contribution in [0.5, 0.6) is 0 Å². The first-order valence-corrected chi connectivity index (χ1v) is 10.7. The van der Waals surface area contributed by atoms with Crippen molar-refractivity contribution in [2.45, 2.75) is 56.9 Å². The quantitative estimate of drug-likeness (QED) is 0.605. The summed E-state index contributed by atoms with van der Waals surface area (Å²) in [4.78, 5) is 26.4. The van der Waals surface area contributed by atoms with Gasteiger partial charge in [0.15, 0.2) is 6.29 Å². The van der Waals surface area contributed by atoms with Gasteiger partial charge in [0.2, 0.25) is 0 Å². The molecule has 0 unspecified atom stereocenters. The number of carbonyl (C=O) groups excluding carboxylic acids is 2. The molecule has 4 N–H and O–H groups in total. The predicted octanol–water partition coefficient (Wildman–Crippen LogP) is 2.00. The Balaban J connectivity index is 1.37. The second-order valence-electron chi connectivity index (χ2n) is 8.13. The van der Waals surface area contributed by atoms with Gasteiger partial charge < -0.3 is 20.7 Å². The van der Waals surface area contributed by atoms with E-state index in [1.807, 2.05) is 6.92 Å². The van der Waals surface area contributed by atoms with Crippen LogP contribution in [0.15, 0.2) is 24.3 Å². The molecule has 3 aliphatic heterocycles. The standard InChI is InChI=1S/C21H31N5O3/c1-14(16-3-2-4-17(13-16)15-5-9-22-10-6-15)23-19-24-20(27)26(21(28)25-19)18-7-11-29-12-8-18/h2-4,13-15,18-19,22-23H,5-12H2,1H3,(H,24,27)(H,25,28)/t14-/m0/s1. The maximum Gasteiger partial charge on any atom is 0.328 e. The van der Waals surface area contributed by atoms with Gasteiger partial charge in [-0.2, -0.15) is 0 Å². The first kappa shape index (κ1) is 20.1. The average molecular weight is 402 g/mol. The summed E-state index contributed by atoms with van der Waals surface area (Å²) in [5.74, 6) is 0.588. The highest BCUT2D eigenvalue weighted by atomic mass is 16.5. The van der Waals surface area contributed by atoms with Crippen LogP contribution in [-0.2, 0) is 4.74 Å². The minimum Gasteiger partial charge on any atom is -0.381 e. The van der Waals surface area contributed by atoms with Crippen molar-refractivity contribution in [2.75, 3.05) is 26.3 Å². The number of urea groups is 2. The van der Waals surface area contributed by atoms with E-state index in [0.717, 1.165) is 31.5 Å². The number of ether oxygens (including phenoxy) is 1. The van der Waals surface area contributed by atoms with E-state index in [2.05, 4.69) is 45.5 Å². The maximum atomic E-state index is 12.6. The van der Waals surface area contributed by atoms with E-state index < -0.39 is 6.29 Å². The van der Waals surface area contributed by atoms with Crippen molar-refractivity contribution in [1.82, 2.24) is 26.2 Å². The molecule has 3 aliphatic rings. The van der Waals surface area contributed by atoms with E-state index in [0.29, 0.717) is 32.0 Å². The number of amides is 4. The number of rotatable bonds is 5. The van der Waals surface area contributed by atoms with Gasteiger partial charge in [-0.15, -0.1) is 0 Å². The zero-order valence-electron chi connectivity index (χ0n) is 16.9. The molecule has 0 saturated carbocycles. The Hall–Kier alpha value is -2.16. The van der Waals surface area contributed by atoms with Crippen LogP contribution in [0.4, 0.5) is 9.59 Å². The number of hydrogen-bond donors (Lipinski definition) is 4. The van der Waals surface area contributed by atoms with Gasteiger partial charge in [0.05, 0.1) is 0 Å². The third-order valence-corrected chi connectivity index (χ3v) is 6.17. The minimum absolute atomic E-state index is 0.0168. The van der Waals surface area contributed by atoms with Gasteiger partial charge in [-0.25, -0.2) is 14.5 Å². The molecule has 4 rings (SSSR count). The van der Waals surface area contributed by atoms with E-state index in [4.69, 9.17) is 4.74 Å². The summed E-state index contributed by atoms with van der Waals surface area (Å²) in [6, 6.07) is 7.79. The van der Waals surface area contributed by atoms with Crippen LogP contribution < -0.4 is 21.3 Å². The van der Waals surface area contributed by atoms with Crippen LogP contribution in [0.25, 0.3) is 0 Å². The van der Waals surface area contributed by atoms with Crippen LogP contribution in [0.2, 0.25) is 0 Å². The predicted molar refractivity (Wildman–Crippen MR) is 109 cm³/mol. The van der Waals surface area contributed by atoms with Gasteiger partial charge in [-0.3, -0.25) is 5.32 Å². The summed E-state index contributed by atoms with van der Waals surface area (Å²) in [6.45, 7) is 5.32. The Kier molecular flexibility index (Phi) is 6.32. The minimum atomic E-state index is -0.594. The SMILES string of the molecule is C[C@H](NC1NC(=O)N(C2CCOCC2)C(=O)N1)c1cccc(C2CCNCC2)c1. The maximum absolute atomic E-state index is 12.6. The normalized spacial score (nSPS) is 23.6. The van der Waals surface area contributed by atoms with Gasteiger partial charge in [0.1, 0.15) is 0 Å². The fourth-order valence-corrected chi connectivity index (χ4v) is 4.46. The zero-order valence-corrected chi connectivity index (χ0v) is 16.9. The first-order valence-electron chi connectivity index (χ1n) is 10.7. The van der Waals surface area contributed by atoms with Crippen LogP contribution >= 0.6 is 0 Å². The van der Waals surface area contributed by atoms with Crippen molar-refractivity contribution in [3.8, 4) is 0 Å². The van der Waals surface area contributed by atoms with Crippen LogP contribution in [0, 0.1) is 0 Å². The molecule has 158 valence electrons. The average Bonchev–Trinajstić information content (AvgIpc) is 2.75. The lowest BCUT2D eigenvalue weighted by Gasteiger charge is -2.39. The van der Waals surface area contributed by atoms with Crippen LogP contribution in [0.1, 0.15) is 55.7 Å². The topological polar surface area (TPSA) is 94.7 Å². The monoisotopic (exact) mass is 401 g/mol. The summed E-state index contributed by atoms with van der Waals surface area (Å²) < 4.78 is 5.33. The van der Waals surface area contributed by atoms with Crippen molar-refractivity contribution in [3.05, 3.63) is 35.4 Å². The van der Waals surface area contributed by atoms with Crippen molar-refractivity contribution >= 4 is 12.1 Å². The smallest absolute Gasteiger partial charge is 0.328 e. The van der Waals surface area contributed by atoms with Crippen LogP contribution in [0.3, 0.4) is 0 Å². The highest BCUT2D eigenvalue weighted by Gasteiger charge is 2.37. The zero-order chi connectivity index (χ0) is 20.2. The van der Waals surface area contributed by atoms with Crippen molar-refractivity contribution in [3.63, 3.8) is 0 Å².